The minimum atomic E-state index is -0.424. The van der Waals surface area contributed by atoms with Crippen molar-refractivity contribution < 1.29 is 14.3 Å². The number of carbonyl (C=O) groups is 2. The molecule has 4 heteroatoms. The fraction of sp³-hybridized carbons (Fsp3) is 0.458. The van der Waals surface area contributed by atoms with Gasteiger partial charge in [0.1, 0.15) is 17.2 Å². The van der Waals surface area contributed by atoms with Gasteiger partial charge in [-0.05, 0) is 85.3 Å². The van der Waals surface area contributed by atoms with E-state index < -0.39 is 5.97 Å². The van der Waals surface area contributed by atoms with Crippen molar-refractivity contribution >= 4 is 11.8 Å². The number of benzene rings is 1. The molecule has 0 amide bonds. The van der Waals surface area contributed by atoms with Gasteiger partial charge in [0.15, 0.2) is 0 Å². The lowest BCUT2D eigenvalue weighted by molar-refractivity contribution is -0.129. The number of carbonyl (C=O) groups excluding carboxylic acids is 2. The van der Waals surface area contributed by atoms with Crippen LogP contribution in [0.15, 0.2) is 42.6 Å². The Balaban J connectivity index is 1.38. The first-order chi connectivity index (χ1) is 13.6. The molecule has 0 radical (unpaired) electrons. The average molecular weight is 375 g/mol. The van der Waals surface area contributed by atoms with Gasteiger partial charge in [-0.15, -0.1) is 0 Å². The highest BCUT2D eigenvalue weighted by atomic mass is 16.5. The summed E-state index contributed by atoms with van der Waals surface area (Å²) in [7, 11) is 0. The van der Waals surface area contributed by atoms with Gasteiger partial charge >= 0.3 is 5.97 Å². The number of rotatable bonds is 2. The molecule has 3 aliphatic carbocycles. The van der Waals surface area contributed by atoms with Gasteiger partial charge < -0.3 is 4.74 Å². The standard InChI is InChI=1S/C24H25NO3/c1-24-12-11-18-17-8-6-16(28-23(27)21-4-2-3-13-25-21)14-15(17)5-7-19(18)20(24)9-10-22(24)26/h2-4,6,8,13-14,18-20H,5,7,9-12H2,1H3/t18-,19-,20+,24+/m1/s1. The fourth-order valence-corrected chi connectivity index (χ4v) is 6.04. The molecule has 1 aromatic heterocycles. The minimum absolute atomic E-state index is 0.0865. The Kier molecular flexibility index (Phi) is 4.11. The van der Waals surface area contributed by atoms with Crippen molar-refractivity contribution in [3.05, 3.63) is 59.4 Å². The molecule has 0 unspecified atom stereocenters. The van der Waals surface area contributed by atoms with E-state index in [1.54, 1.807) is 24.4 Å². The topological polar surface area (TPSA) is 56.3 Å². The lowest BCUT2D eigenvalue weighted by atomic mass is 9.55. The molecule has 2 aromatic rings. The van der Waals surface area contributed by atoms with Crippen molar-refractivity contribution in [2.24, 2.45) is 17.3 Å². The number of pyridine rings is 1. The third-order valence-corrected chi connectivity index (χ3v) is 7.49. The summed E-state index contributed by atoms with van der Waals surface area (Å²) in [4.78, 5) is 28.8. The van der Waals surface area contributed by atoms with Crippen molar-refractivity contribution in [2.75, 3.05) is 0 Å². The summed E-state index contributed by atoms with van der Waals surface area (Å²) < 4.78 is 5.56. The average Bonchev–Trinajstić information content (AvgIpc) is 3.03. The van der Waals surface area contributed by atoms with Crippen molar-refractivity contribution in [2.45, 2.75) is 51.4 Å². The van der Waals surface area contributed by atoms with Crippen LogP contribution < -0.4 is 4.74 Å². The van der Waals surface area contributed by atoms with E-state index in [0.717, 1.165) is 38.5 Å². The molecule has 1 heterocycles. The smallest absolute Gasteiger partial charge is 0.362 e. The zero-order valence-corrected chi connectivity index (χ0v) is 16.2. The molecule has 0 N–H and O–H groups in total. The number of hydrogen-bond acceptors (Lipinski definition) is 4. The predicted octanol–water partition coefficient (Wildman–Crippen LogP) is 4.73. The molecule has 2 saturated carbocycles. The number of aromatic nitrogens is 1. The van der Waals surface area contributed by atoms with E-state index >= 15 is 0 Å². The molecule has 0 spiro atoms. The van der Waals surface area contributed by atoms with Gasteiger partial charge in [-0.3, -0.25) is 4.79 Å². The zero-order valence-electron chi connectivity index (χ0n) is 16.2. The molecule has 0 saturated heterocycles. The first-order valence-electron chi connectivity index (χ1n) is 10.4. The van der Waals surface area contributed by atoms with Crippen molar-refractivity contribution in [1.29, 1.82) is 0 Å². The number of Topliss-reactive ketones (excluding diaryl/α,β-unsaturated/α-hetero) is 1. The molecule has 5 rings (SSSR count). The van der Waals surface area contributed by atoms with Crippen LogP contribution in [-0.2, 0) is 11.2 Å². The van der Waals surface area contributed by atoms with E-state index in [1.807, 2.05) is 12.1 Å². The molecular weight excluding hydrogens is 350 g/mol. The maximum absolute atomic E-state index is 12.5. The minimum Gasteiger partial charge on any atom is -0.422 e. The number of ether oxygens (including phenoxy) is 1. The second-order valence-electron chi connectivity index (χ2n) is 8.80. The SMILES string of the molecule is C[C@]12CC[C@@H]3c4ccc(OC(=O)c5ccccn5)cc4CC[C@H]3[C@@H]1CCC2=O. The van der Waals surface area contributed by atoms with Crippen LogP contribution in [0.25, 0.3) is 0 Å². The molecule has 144 valence electrons. The maximum Gasteiger partial charge on any atom is 0.362 e. The van der Waals surface area contributed by atoms with Crippen LogP contribution in [0, 0.1) is 17.3 Å². The van der Waals surface area contributed by atoms with Gasteiger partial charge in [-0.2, -0.15) is 0 Å². The summed E-state index contributed by atoms with van der Waals surface area (Å²) in [6.07, 6.45) is 7.63. The van der Waals surface area contributed by atoms with Gasteiger partial charge in [0, 0.05) is 18.0 Å². The molecule has 3 aliphatic rings. The Morgan fingerprint density at radius 2 is 2.04 bits per heavy atom. The van der Waals surface area contributed by atoms with Gasteiger partial charge in [0.2, 0.25) is 0 Å². The van der Waals surface area contributed by atoms with Crippen molar-refractivity contribution in [3.63, 3.8) is 0 Å². The quantitative estimate of drug-likeness (QED) is 0.563. The highest BCUT2D eigenvalue weighted by molar-refractivity contribution is 5.89. The van der Waals surface area contributed by atoms with Crippen LogP contribution in [0.4, 0.5) is 0 Å². The summed E-state index contributed by atoms with van der Waals surface area (Å²) >= 11 is 0. The second kappa shape index (κ2) is 6.54. The van der Waals surface area contributed by atoms with Gasteiger partial charge in [0.05, 0.1) is 0 Å². The van der Waals surface area contributed by atoms with Crippen LogP contribution in [-0.4, -0.2) is 16.7 Å². The maximum atomic E-state index is 12.5. The van der Waals surface area contributed by atoms with Gasteiger partial charge in [-0.25, -0.2) is 9.78 Å². The third kappa shape index (κ3) is 2.69. The molecule has 28 heavy (non-hydrogen) atoms. The van der Waals surface area contributed by atoms with Gasteiger partial charge in [0.25, 0.3) is 0 Å². The normalized spacial score (nSPS) is 30.9. The van der Waals surface area contributed by atoms with Crippen LogP contribution in [0.5, 0.6) is 5.75 Å². The third-order valence-electron chi connectivity index (χ3n) is 7.49. The Bertz CT molecular complexity index is 938. The van der Waals surface area contributed by atoms with Gasteiger partial charge in [-0.1, -0.05) is 19.1 Å². The fourth-order valence-electron chi connectivity index (χ4n) is 6.04. The summed E-state index contributed by atoms with van der Waals surface area (Å²) in [5.74, 6) is 2.33. The molecule has 0 aliphatic heterocycles. The van der Waals surface area contributed by atoms with E-state index in [-0.39, 0.29) is 5.41 Å². The van der Waals surface area contributed by atoms with E-state index in [1.165, 1.54) is 11.1 Å². The number of aryl methyl sites for hydroxylation is 1. The highest BCUT2D eigenvalue weighted by Crippen LogP contribution is 2.59. The first-order valence-corrected chi connectivity index (χ1v) is 10.4. The van der Waals surface area contributed by atoms with E-state index in [4.69, 9.17) is 4.74 Å². The Labute approximate surface area is 165 Å². The van der Waals surface area contributed by atoms with Crippen LogP contribution in [0.3, 0.4) is 0 Å². The molecule has 0 bridgehead atoms. The summed E-state index contributed by atoms with van der Waals surface area (Å²) in [5.41, 5.74) is 2.92. The zero-order chi connectivity index (χ0) is 19.3. The van der Waals surface area contributed by atoms with Crippen molar-refractivity contribution in [1.82, 2.24) is 4.98 Å². The molecular formula is C24H25NO3. The monoisotopic (exact) mass is 375 g/mol. The summed E-state index contributed by atoms with van der Waals surface area (Å²) in [5, 5.41) is 0. The second-order valence-corrected chi connectivity index (χ2v) is 8.80. The summed E-state index contributed by atoms with van der Waals surface area (Å²) in [6, 6.07) is 11.3. The molecule has 2 fully saturated rings. The number of fused-ring (bicyclic) bond motifs is 5. The van der Waals surface area contributed by atoms with Crippen LogP contribution in [0.2, 0.25) is 0 Å². The Morgan fingerprint density at radius 1 is 1.14 bits per heavy atom. The molecule has 1 aromatic carbocycles. The Morgan fingerprint density at radius 3 is 2.86 bits per heavy atom. The number of nitrogens with zero attached hydrogens (tertiary/aromatic N) is 1. The van der Waals surface area contributed by atoms with Crippen molar-refractivity contribution in [3.8, 4) is 5.75 Å². The number of hydrogen-bond donors (Lipinski definition) is 0. The largest absolute Gasteiger partial charge is 0.422 e. The van der Waals surface area contributed by atoms with Crippen LogP contribution >= 0.6 is 0 Å². The lowest BCUT2D eigenvalue weighted by Gasteiger charge is -2.48. The summed E-state index contributed by atoms with van der Waals surface area (Å²) in [6.45, 7) is 2.21. The lowest BCUT2D eigenvalue weighted by Crippen LogP contribution is -2.42. The number of esters is 1. The van der Waals surface area contributed by atoms with E-state index in [9.17, 15) is 9.59 Å². The predicted molar refractivity (Wildman–Crippen MR) is 105 cm³/mol. The Hall–Kier alpha value is -2.49. The molecule has 4 nitrogen and oxygen atoms in total. The van der Waals surface area contributed by atoms with E-state index in [2.05, 4.69) is 18.0 Å². The van der Waals surface area contributed by atoms with E-state index in [0.29, 0.717) is 35.0 Å². The number of ketones is 1. The first kappa shape index (κ1) is 17.6. The highest BCUT2D eigenvalue weighted by Gasteiger charge is 2.54. The van der Waals surface area contributed by atoms with Crippen LogP contribution in [0.1, 0.15) is 66.6 Å². The molecule has 4 atom stereocenters.